The van der Waals surface area contributed by atoms with E-state index in [0.29, 0.717) is 5.82 Å². The van der Waals surface area contributed by atoms with Crippen molar-refractivity contribution in [2.24, 2.45) is 0 Å². The molecule has 2 nitrogen and oxygen atoms in total. The van der Waals surface area contributed by atoms with Crippen LogP contribution in [-0.2, 0) is 0 Å². The molecule has 0 saturated carbocycles. The molecular weight excluding hydrogens is 307 g/mol. The normalized spacial score (nSPS) is 10.8. The Kier molecular flexibility index (Phi) is 3.52. The lowest BCUT2D eigenvalue weighted by Crippen LogP contribution is -1.82. The Balaban J connectivity index is 1.91. The fourth-order valence-electron chi connectivity index (χ4n) is 2.55. The number of hydrogen-bond donors (Lipinski definition) is 1. The van der Waals surface area contributed by atoms with E-state index in [0.717, 1.165) is 27.4 Å². The third-order valence-electron chi connectivity index (χ3n) is 3.62. The van der Waals surface area contributed by atoms with Gasteiger partial charge in [0, 0.05) is 11.1 Å². The Labute approximate surface area is 137 Å². The molecule has 0 aliphatic carbocycles. The van der Waals surface area contributed by atoms with Crippen molar-refractivity contribution in [2.75, 3.05) is 0 Å². The van der Waals surface area contributed by atoms with Gasteiger partial charge in [-0.25, -0.2) is 9.37 Å². The highest BCUT2D eigenvalue weighted by atomic mass is 32.1. The third kappa shape index (κ3) is 2.69. The van der Waals surface area contributed by atoms with Crippen LogP contribution in [0.5, 0.6) is 0 Å². The zero-order valence-corrected chi connectivity index (χ0v) is 13.0. The minimum atomic E-state index is -0.266. The third-order valence-corrected chi connectivity index (χ3v) is 4.50. The van der Waals surface area contributed by atoms with Crippen LogP contribution in [0.4, 0.5) is 4.39 Å². The molecule has 2 heterocycles. The highest BCUT2D eigenvalue weighted by molar-refractivity contribution is 7.13. The van der Waals surface area contributed by atoms with Gasteiger partial charge in [-0.15, -0.1) is 11.3 Å². The first kappa shape index (κ1) is 13.9. The van der Waals surface area contributed by atoms with Crippen molar-refractivity contribution in [3.8, 4) is 33.2 Å². The number of rotatable bonds is 3. The van der Waals surface area contributed by atoms with Crippen LogP contribution in [-0.4, -0.2) is 9.97 Å². The molecule has 0 unspecified atom stereocenters. The van der Waals surface area contributed by atoms with Crippen LogP contribution in [0.2, 0.25) is 0 Å². The zero-order valence-electron chi connectivity index (χ0n) is 12.2. The van der Waals surface area contributed by atoms with Gasteiger partial charge in [-0.1, -0.05) is 48.5 Å². The van der Waals surface area contributed by atoms with E-state index < -0.39 is 0 Å². The molecule has 4 aromatic rings. The molecule has 0 bridgehead atoms. The first-order valence-electron chi connectivity index (χ1n) is 7.26. The number of aromatic nitrogens is 2. The van der Waals surface area contributed by atoms with Crippen molar-refractivity contribution in [3.63, 3.8) is 0 Å². The molecule has 0 amide bonds. The number of hydrogen-bond acceptors (Lipinski definition) is 2. The predicted molar refractivity (Wildman–Crippen MR) is 92.7 cm³/mol. The molecule has 0 fully saturated rings. The van der Waals surface area contributed by atoms with Gasteiger partial charge in [-0.05, 0) is 23.6 Å². The van der Waals surface area contributed by atoms with E-state index in [4.69, 9.17) is 4.98 Å². The Hall–Kier alpha value is -2.72. The second-order valence-electron chi connectivity index (χ2n) is 5.16. The van der Waals surface area contributed by atoms with Crippen LogP contribution in [0, 0.1) is 5.82 Å². The Bertz CT molecular complexity index is 927. The largest absolute Gasteiger partial charge is 0.337 e. The van der Waals surface area contributed by atoms with Gasteiger partial charge in [0.15, 0.2) is 0 Å². The summed E-state index contributed by atoms with van der Waals surface area (Å²) in [6.07, 6.45) is 0. The fraction of sp³-hybridized carbons (Fsp3) is 0. The van der Waals surface area contributed by atoms with Crippen LogP contribution in [0.15, 0.2) is 72.1 Å². The lowest BCUT2D eigenvalue weighted by Gasteiger charge is -1.99. The molecule has 0 aliphatic heterocycles. The molecule has 2 aromatic heterocycles. The number of halogens is 1. The predicted octanol–water partition coefficient (Wildman–Crippen LogP) is 5.61. The molecule has 0 saturated heterocycles. The van der Waals surface area contributed by atoms with Crippen LogP contribution in [0.3, 0.4) is 0 Å². The van der Waals surface area contributed by atoms with Gasteiger partial charge in [0.05, 0.1) is 16.3 Å². The van der Waals surface area contributed by atoms with Crippen LogP contribution < -0.4 is 0 Å². The molecule has 0 radical (unpaired) electrons. The lowest BCUT2D eigenvalue weighted by molar-refractivity contribution is 0.628. The second-order valence-corrected chi connectivity index (χ2v) is 6.11. The molecule has 1 N–H and O–H groups in total. The average molecular weight is 320 g/mol. The summed E-state index contributed by atoms with van der Waals surface area (Å²) in [4.78, 5) is 9.20. The zero-order chi connectivity index (χ0) is 15.6. The van der Waals surface area contributed by atoms with E-state index in [2.05, 4.69) is 11.1 Å². The maximum absolute atomic E-state index is 13.5. The van der Waals surface area contributed by atoms with E-state index >= 15 is 0 Å². The smallest absolute Gasteiger partial charge is 0.138 e. The van der Waals surface area contributed by atoms with Gasteiger partial charge in [-0.3, -0.25) is 0 Å². The van der Waals surface area contributed by atoms with Crippen molar-refractivity contribution in [2.45, 2.75) is 0 Å². The SMILES string of the molecule is Fc1cccc(-c2nc(-c3ccccc3)c(-c3cccs3)[nH]2)c1. The number of thiophene rings is 1. The first-order valence-corrected chi connectivity index (χ1v) is 8.14. The summed E-state index contributed by atoms with van der Waals surface area (Å²) in [5.74, 6) is 0.407. The van der Waals surface area contributed by atoms with Crippen molar-refractivity contribution in [1.29, 1.82) is 0 Å². The molecule has 4 rings (SSSR count). The number of imidazole rings is 1. The minimum Gasteiger partial charge on any atom is -0.337 e. The van der Waals surface area contributed by atoms with Crippen molar-refractivity contribution in [1.82, 2.24) is 9.97 Å². The monoisotopic (exact) mass is 320 g/mol. The number of benzene rings is 2. The molecule has 2 aromatic carbocycles. The summed E-state index contributed by atoms with van der Waals surface area (Å²) >= 11 is 1.65. The van der Waals surface area contributed by atoms with Gasteiger partial charge in [-0.2, -0.15) is 0 Å². The van der Waals surface area contributed by atoms with E-state index in [1.165, 1.54) is 12.1 Å². The topological polar surface area (TPSA) is 28.7 Å². The van der Waals surface area contributed by atoms with Crippen LogP contribution >= 0.6 is 11.3 Å². The van der Waals surface area contributed by atoms with Crippen molar-refractivity contribution < 1.29 is 4.39 Å². The quantitative estimate of drug-likeness (QED) is 0.522. The summed E-state index contributed by atoms with van der Waals surface area (Å²) in [5.41, 5.74) is 3.62. The summed E-state index contributed by atoms with van der Waals surface area (Å²) in [7, 11) is 0. The van der Waals surface area contributed by atoms with E-state index in [1.54, 1.807) is 17.4 Å². The lowest BCUT2D eigenvalue weighted by atomic mass is 10.1. The summed E-state index contributed by atoms with van der Waals surface area (Å²) in [6, 6.07) is 20.6. The molecule has 0 atom stereocenters. The van der Waals surface area contributed by atoms with Crippen LogP contribution in [0.25, 0.3) is 33.2 Å². The van der Waals surface area contributed by atoms with Crippen LogP contribution in [0.1, 0.15) is 0 Å². The molecule has 4 heteroatoms. The van der Waals surface area contributed by atoms with Gasteiger partial charge in [0.2, 0.25) is 0 Å². The first-order chi connectivity index (χ1) is 11.3. The second kappa shape index (κ2) is 5.82. The van der Waals surface area contributed by atoms with Crippen molar-refractivity contribution in [3.05, 3.63) is 77.9 Å². The van der Waals surface area contributed by atoms with Gasteiger partial charge >= 0.3 is 0 Å². The molecular formula is C19H13FN2S. The Morgan fingerprint density at radius 3 is 2.43 bits per heavy atom. The molecule has 0 spiro atoms. The van der Waals surface area contributed by atoms with Gasteiger partial charge in [0.25, 0.3) is 0 Å². The Morgan fingerprint density at radius 1 is 0.870 bits per heavy atom. The minimum absolute atomic E-state index is 0.266. The summed E-state index contributed by atoms with van der Waals surface area (Å²) in [5, 5.41) is 2.03. The summed E-state index contributed by atoms with van der Waals surface area (Å²) in [6.45, 7) is 0. The number of aromatic amines is 1. The average Bonchev–Trinajstić information content (AvgIpc) is 3.25. The maximum atomic E-state index is 13.5. The maximum Gasteiger partial charge on any atom is 0.138 e. The van der Waals surface area contributed by atoms with Gasteiger partial charge in [0.1, 0.15) is 11.6 Å². The summed E-state index contributed by atoms with van der Waals surface area (Å²) < 4.78 is 13.5. The number of nitrogens with one attached hydrogen (secondary N) is 1. The molecule has 112 valence electrons. The molecule has 0 aliphatic rings. The van der Waals surface area contributed by atoms with E-state index in [-0.39, 0.29) is 5.82 Å². The number of nitrogens with zero attached hydrogens (tertiary/aromatic N) is 1. The highest BCUT2D eigenvalue weighted by Crippen LogP contribution is 2.35. The molecule has 23 heavy (non-hydrogen) atoms. The standard InChI is InChI=1S/C19H13FN2S/c20-15-9-4-8-14(12-15)19-21-17(13-6-2-1-3-7-13)18(22-19)16-10-5-11-23-16/h1-12H,(H,21,22). The van der Waals surface area contributed by atoms with Crippen molar-refractivity contribution >= 4 is 11.3 Å². The fourth-order valence-corrected chi connectivity index (χ4v) is 3.28. The highest BCUT2D eigenvalue weighted by Gasteiger charge is 2.15. The van der Waals surface area contributed by atoms with E-state index in [1.807, 2.05) is 47.8 Å². The van der Waals surface area contributed by atoms with E-state index in [9.17, 15) is 4.39 Å². The van der Waals surface area contributed by atoms with Gasteiger partial charge < -0.3 is 4.98 Å². The number of H-pyrrole nitrogens is 1. The Morgan fingerprint density at radius 2 is 1.70 bits per heavy atom.